The van der Waals surface area contributed by atoms with Gasteiger partial charge in [-0.15, -0.1) is 11.8 Å². The first-order valence-electron chi connectivity index (χ1n) is 5.85. The molecule has 2 rings (SSSR count). The Kier molecular flexibility index (Phi) is 4.09. The van der Waals surface area contributed by atoms with Gasteiger partial charge in [-0.25, -0.2) is 4.39 Å². The smallest absolute Gasteiger partial charge is 0.241 e. The van der Waals surface area contributed by atoms with Crippen LogP contribution in [0.1, 0.15) is 10.9 Å². The van der Waals surface area contributed by atoms with Crippen LogP contribution < -0.4 is 0 Å². The van der Waals surface area contributed by atoms with Crippen LogP contribution in [0.2, 0.25) is 0 Å². The number of carbonyl (C=O) groups excluding carboxylic acids is 2. The van der Waals surface area contributed by atoms with Crippen LogP contribution in [0, 0.1) is 5.82 Å². The molecule has 1 aliphatic heterocycles. The highest BCUT2D eigenvalue weighted by Crippen LogP contribution is 2.38. The molecule has 0 saturated carbocycles. The van der Waals surface area contributed by atoms with E-state index in [1.807, 2.05) is 0 Å². The van der Waals surface area contributed by atoms with Crippen LogP contribution in [-0.4, -0.2) is 48.0 Å². The Labute approximate surface area is 115 Å². The summed E-state index contributed by atoms with van der Waals surface area (Å²) >= 11 is 1.41. The van der Waals surface area contributed by atoms with Crippen molar-refractivity contribution >= 4 is 23.6 Å². The van der Waals surface area contributed by atoms with E-state index >= 15 is 0 Å². The molecule has 1 heterocycles. The monoisotopic (exact) mass is 282 g/mol. The molecule has 1 aromatic rings. The molecule has 1 atom stereocenters. The zero-order valence-electron chi connectivity index (χ0n) is 10.8. The summed E-state index contributed by atoms with van der Waals surface area (Å²) in [4.78, 5) is 26.5. The standard InChI is InChI=1S/C13H15FN2O2S/c1-15(2)11(17)7-16-12(18)8-19-13(16)9-4-3-5-10(14)6-9/h3-6,13H,7-8H2,1-2H3/t13-/m1/s1. The number of halogens is 1. The number of hydrogen-bond acceptors (Lipinski definition) is 3. The second kappa shape index (κ2) is 5.61. The first kappa shape index (κ1) is 13.9. The lowest BCUT2D eigenvalue weighted by Crippen LogP contribution is -2.38. The summed E-state index contributed by atoms with van der Waals surface area (Å²) in [6.07, 6.45) is 0. The van der Waals surface area contributed by atoms with Crippen LogP contribution in [0.3, 0.4) is 0 Å². The van der Waals surface area contributed by atoms with E-state index in [1.165, 1.54) is 33.7 Å². The quantitative estimate of drug-likeness (QED) is 0.843. The number of nitrogens with zero attached hydrogens (tertiary/aromatic N) is 2. The van der Waals surface area contributed by atoms with Gasteiger partial charge in [0.05, 0.1) is 5.75 Å². The van der Waals surface area contributed by atoms with E-state index in [0.717, 1.165) is 0 Å². The van der Waals surface area contributed by atoms with E-state index in [2.05, 4.69) is 0 Å². The fourth-order valence-electron chi connectivity index (χ4n) is 1.85. The zero-order valence-corrected chi connectivity index (χ0v) is 11.6. The lowest BCUT2D eigenvalue weighted by Gasteiger charge is -2.25. The lowest BCUT2D eigenvalue weighted by molar-refractivity contribution is -0.137. The Morgan fingerprint density at radius 1 is 1.53 bits per heavy atom. The molecule has 0 aliphatic carbocycles. The van der Waals surface area contributed by atoms with Crippen molar-refractivity contribution in [1.29, 1.82) is 0 Å². The number of hydrogen-bond donors (Lipinski definition) is 0. The second-order valence-corrected chi connectivity index (χ2v) is 5.60. The molecule has 0 bridgehead atoms. The summed E-state index contributed by atoms with van der Waals surface area (Å²) in [5.41, 5.74) is 0.711. The minimum Gasteiger partial charge on any atom is -0.347 e. The van der Waals surface area contributed by atoms with E-state index in [0.29, 0.717) is 11.3 Å². The predicted molar refractivity (Wildman–Crippen MR) is 72.0 cm³/mol. The highest BCUT2D eigenvalue weighted by molar-refractivity contribution is 8.00. The molecule has 4 nitrogen and oxygen atoms in total. The normalized spacial score (nSPS) is 18.8. The molecule has 19 heavy (non-hydrogen) atoms. The van der Waals surface area contributed by atoms with Crippen molar-refractivity contribution in [3.05, 3.63) is 35.6 Å². The van der Waals surface area contributed by atoms with Gasteiger partial charge >= 0.3 is 0 Å². The molecule has 0 radical (unpaired) electrons. The molecular formula is C13H15FN2O2S. The molecule has 1 fully saturated rings. The summed E-state index contributed by atoms with van der Waals surface area (Å²) in [7, 11) is 3.29. The van der Waals surface area contributed by atoms with Crippen LogP contribution in [0.4, 0.5) is 4.39 Å². The zero-order chi connectivity index (χ0) is 14.0. The third kappa shape index (κ3) is 3.07. The van der Waals surface area contributed by atoms with Gasteiger partial charge in [0.1, 0.15) is 17.7 Å². The van der Waals surface area contributed by atoms with Gasteiger partial charge in [0.15, 0.2) is 0 Å². The van der Waals surface area contributed by atoms with Crippen LogP contribution in [0.25, 0.3) is 0 Å². The molecular weight excluding hydrogens is 267 g/mol. The molecule has 6 heteroatoms. The van der Waals surface area contributed by atoms with Crippen molar-refractivity contribution in [3.8, 4) is 0 Å². The van der Waals surface area contributed by atoms with Crippen LogP contribution >= 0.6 is 11.8 Å². The Balaban J connectivity index is 2.20. The van der Waals surface area contributed by atoms with Crippen molar-refractivity contribution < 1.29 is 14.0 Å². The van der Waals surface area contributed by atoms with Gasteiger partial charge < -0.3 is 9.80 Å². The molecule has 0 spiro atoms. The van der Waals surface area contributed by atoms with Gasteiger partial charge in [-0.3, -0.25) is 9.59 Å². The molecule has 1 saturated heterocycles. The molecule has 1 aliphatic rings. The first-order valence-corrected chi connectivity index (χ1v) is 6.90. The lowest BCUT2D eigenvalue weighted by atomic mass is 10.2. The topological polar surface area (TPSA) is 40.6 Å². The number of carbonyl (C=O) groups is 2. The number of thioether (sulfide) groups is 1. The Bertz CT molecular complexity index is 507. The number of amides is 2. The van der Waals surface area contributed by atoms with Gasteiger partial charge in [-0.1, -0.05) is 12.1 Å². The summed E-state index contributed by atoms with van der Waals surface area (Å²) in [6, 6.07) is 6.15. The maximum Gasteiger partial charge on any atom is 0.241 e. The van der Waals surface area contributed by atoms with Crippen LogP contribution in [-0.2, 0) is 9.59 Å². The maximum atomic E-state index is 13.2. The van der Waals surface area contributed by atoms with Crippen molar-refractivity contribution in [2.24, 2.45) is 0 Å². The second-order valence-electron chi connectivity index (χ2n) is 4.53. The minimum absolute atomic E-state index is 0.0278. The Hall–Kier alpha value is -1.56. The molecule has 102 valence electrons. The van der Waals surface area contributed by atoms with Crippen molar-refractivity contribution in [1.82, 2.24) is 9.80 Å². The molecule has 2 amide bonds. The van der Waals surface area contributed by atoms with Gasteiger partial charge in [0, 0.05) is 14.1 Å². The highest BCUT2D eigenvalue weighted by atomic mass is 32.2. The van der Waals surface area contributed by atoms with E-state index in [9.17, 15) is 14.0 Å². The number of benzene rings is 1. The summed E-state index contributed by atoms with van der Waals surface area (Å²) in [6.45, 7) is 0.0278. The van der Waals surface area contributed by atoms with Gasteiger partial charge in [-0.2, -0.15) is 0 Å². The number of rotatable bonds is 3. The predicted octanol–water partition coefficient (Wildman–Crippen LogP) is 1.49. The van der Waals surface area contributed by atoms with Crippen molar-refractivity contribution in [3.63, 3.8) is 0 Å². The average molecular weight is 282 g/mol. The first-order chi connectivity index (χ1) is 8.99. The van der Waals surface area contributed by atoms with E-state index < -0.39 is 0 Å². The van der Waals surface area contributed by atoms with Gasteiger partial charge in [0.25, 0.3) is 0 Å². The van der Waals surface area contributed by atoms with Crippen LogP contribution in [0.5, 0.6) is 0 Å². The SMILES string of the molecule is CN(C)C(=O)CN1C(=O)CS[C@@H]1c1cccc(F)c1. The highest BCUT2D eigenvalue weighted by Gasteiger charge is 2.34. The summed E-state index contributed by atoms with van der Waals surface area (Å²) in [5, 5.41) is -0.285. The van der Waals surface area contributed by atoms with E-state index in [4.69, 9.17) is 0 Å². The van der Waals surface area contributed by atoms with Crippen LogP contribution in [0.15, 0.2) is 24.3 Å². The number of likely N-dealkylation sites (N-methyl/N-ethyl adjacent to an activating group) is 1. The fraction of sp³-hybridized carbons (Fsp3) is 0.385. The fourth-order valence-corrected chi connectivity index (χ4v) is 3.03. The minimum atomic E-state index is -0.337. The van der Waals surface area contributed by atoms with E-state index in [1.54, 1.807) is 26.2 Å². The largest absolute Gasteiger partial charge is 0.347 e. The maximum absolute atomic E-state index is 13.2. The Morgan fingerprint density at radius 3 is 2.89 bits per heavy atom. The van der Waals surface area contributed by atoms with Crippen molar-refractivity contribution in [2.45, 2.75) is 5.37 Å². The molecule has 1 aromatic carbocycles. The summed E-state index contributed by atoms with van der Waals surface area (Å²) < 4.78 is 13.2. The molecule has 0 N–H and O–H groups in total. The van der Waals surface area contributed by atoms with Gasteiger partial charge in [0.2, 0.25) is 11.8 Å². The molecule has 0 unspecified atom stereocenters. The third-order valence-electron chi connectivity index (χ3n) is 2.91. The van der Waals surface area contributed by atoms with Crippen molar-refractivity contribution in [2.75, 3.05) is 26.4 Å². The third-order valence-corrected chi connectivity index (χ3v) is 4.16. The van der Waals surface area contributed by atoms with E-state index in [-0.39, 0.29) is 29.6 Å². The summed E-state index contributed by atoms with van der Waals surface area (Å²) in [5.74, 6) is -0.245. The molecule has 0 aromatic heterocycles. The van der Waals surface area contributed by atoms with Gasteiger partial charge in [-0.05, 0) is 17.7 Å². The Morgan fingerprint density at radius 2 is 2.26 bits per heavy atom. The average Bonchev–Trinajstić information content (AvgIpc) is 2.71.